The summed E-state index contributed by atoms with van der Waals surface area (Å²) in [6.07, 6.45) is 4.91. The molecule has 3 rings (SSSR count). The van der Waals surface area contributed by atoms with Crippen molar-refractivity contribution in [3.63, 3.8) is 0 Å². The van der Waals surface area contributed by atoms with Gasteiger partial charge in [0, 0.05) is 55.9 Å². The minimum atomic E-state index is -0.303. The van der Waals surface area contributed by atoms with Gasteiger partial charge < -0.3 is 14.2 Å². The third kappa shape index (κ3) is 3.29. The molecule has 0 aromatic carbocycles. The van der Waals surface area contributed by atoms with Gasteiger partial charge in [0.1, 0.15) is 6.10 Å². The van der Waals surface area contributed by atoms with Gasteiger partial charge in [-0.2, -0.15) is 0 Å². The molecule has 0 aliphatic carbocycles. The number of ether oxygens (including phenoxy) is 3. The van der Waals surface area contributed by atoms with Gasteiger partial charge in [-0.3, -0.25) is 0 Å². The molecule has 0 saturated carbocycles. The first-order valence-corrected chi connectivity index (χ1v) is 8.79. The Morgan fingerprint density at radius 1 is 1.09 bits per heavy atom. The zero-order valence-electron chi connectivity index (χ0n) is 13.8. The topological polar surface area (TPSA) is 48.0 Å². The van der Waals surface area contributed by atoms with Gasteiger partial charge in [-0.15, -0.1) is 0 Å². The van der Waals surface area contributed by atoms with Gasteiger partial charge in [0.2, 0.25) is 0 Å². The van der Waals surface area contributed by atoms with Crippen molar-refractivity contribution in [2.24, 2.45) is 0 Å². The molecular weight excluding hydrogens is 318 g/mol. The highest BCUT2D eigenvalue weighted by atomic mass is 35.5. The second-order valence-electron chi connectivity index (χ2n) is 7.17. The van der Waals surface area contributed by atoms with E-state index in [0.717, 1.165) is 38.5 Å². The predicted molar refractivity (Wildman–Crippen MR) is 87.2 cm³/mol. The van der Waals surface area contributed by atoms with E-state index in [2.05, 4.69) is 11.0 Å². The van der Waals surface area contributed by atoms with Crippen LogP contribution in [-0.4, -0.2) is 54.0 Å². The summed E-state index contributed by atoms with van der Waals surface area (Å²) in [4.78, 5) is 12.0. The first kappa shape index (κ1) is 17.2. The van der Waals surface area contributed by atoms with E-state index in [1.165, 1.54) is 0 Å². The Kier molecular flexibility index (Phi) is 5.02. The third-order valence-corrected chi connectivity index (χ3v) is 6.23. The molecule has 3 aliphatic rings. The molecule has 3 aliphatic heterocycles. The van der Waals surface area contributed by atoms with Crippen molar-refractivity contribution in [1.29, 1.82) is 0 Å². The summed E-state index contributed by atoms with van der Waals surface area (Å²) in [5, 5.41) is 0. The van der Waals surface area contributed by atoms with Crippen molar-refractivity contribution in [2.75, 3.05) is 26.4 Å². The van der Waals surface area contributed by atoms with E-state index in [9.17, 15) is 4.79 Å². The standard InChI is InChI=1S/C17H26ClNO4/c1-13(2)15(20)23-14-11-16(3-7-21-8-4-16)19(18)17(12-14)5-9-22-10-6-17/h14H,1,3-12H2,2H3. The van der Waals surface area contributed by atoms with Crippen molar-refractivity contribution in [3.8, 4) is 0 Å². The Morgan fingerprint density at radius 2 is 1.52 bits per heavy atom. The maximum absolute atomic E-state index is 12.0. The first-order valence-electron chi connectivity index (χ1n) is 8.46. The number of rotatable bonds is 2. The van der Waals surface area contributed by atoms with E-state index in [1.807, 2.05) is 0 Å². The average Bonchev–Trinajstić information content (AvgIpc) is 2.54. The summed E-state index contributed by atoms with van der Waals surface area (Å²) in [7, 11) is 0. The Morgan fingerprint density at radius 3 is 1.91 bits per heavy atom. The molecule has 3 saturated heterocycles. The van der Waals surface area contributed by atoms with Gasteiger partial charge in [-0.25, -0.2) is 9.21 Å². The van der Waals surface area contributed by atoms with Gasteiger partial charge in [0.05, 0.1) is 0 Å². The molecule has 23 heavy (non-hydrogen) atoms. The first-order chi connectivity index (χ1) is 11.0. The summed E-state index contributed by atoms with van der Waals surface area (Å²) < 4.78 is 18.9. The Hall–Kier alpha value is -0.620. The van der Waals surface area contributed by atoms with Crippen LogP contribution in [-0.2, 0) is 19.0 Å². The summed E-state index contributed by atoms with van der Waals surface area (Å²) >= 11 is 6.92. The van der Waals surface area contributed by atoms with E-state index < -0.39 is 0 Å². The quantitative estimate of drug-likeness (QED) is 0.438. The molecule has 0 aromatic heterocycles. The number of nitrogens with zero attached hydrogens (tertiary/aromatic N) is 1. The van der Waals surface area contributed by atoms with Crippen LogP contribution < -0.4 is 0 Å². The fourth-order valence-corrected chi connectivity index (χ4v) is 4.70. The summed E-state index contributed by atoms with van der Waals surface area (Å²) in [6.45, 7) is 8.20. The van der Waals surface area contributed by atoms with Crippen molar-refractivity contribution in [1.82, 2.24) is 4.42 Å². The maximum Gasteiger partial charge on any atom is 0.333 e. The van der Waals surface area contributed by atoms with E-state index >= 15 is 0 Å². The molecule has 6 heteroatoms. The zero-order chi connectivity index (χ0) is 16.5. The Balaban J connectivity index is 1.85. The fraction of sp³-hybridized carbons (Fsp3) is 0.824. The van der Waals surface area contributed by atoms with Crippen LogP contribution in [0.4, 0.5) is 0 Å². The Labute approximate surface area is 143 Å². The molecule has 3 fully saturated rings. The number of hydrogen-bond donors (Lipinski definition) is 0. The molecule has 130 valence electrons. The summed E-state index contributed by atoms with van der Waals surface area (Å²) in [6, 6.07) is 0. The Bertz CT molecular complexity index is 441. The highest BCUT2D eigenvalue weighted by Gasteiger charge is 2.55. The number of halogens is 1. The van der Waals surface area contributed by atoms with Crippen LogP contribution in [0, 0.1) is 0 Å². The second kappa shape index (κ2) is 6.71. The van der Waals surface area contributed by atoms with Crippen molar-refractivity contribution >= 4 is 17.7 Å². The molecule has 0 amide bonds. The van der Waals surface area contributed by atoms with E-state index in [4.69, 9.17) is 26.0 Å². The minimum absolute atomic E-state index is 0.120. The van der Waals surface area contributed by atoms with Crippen LogP contribution in [0.3, 0.4) is 0 Å². The number of carbonyl (C=O) groups is 1. The molecular formula is C17H26ClNO4. The number of hydrogen-bond acceptors (Lipinski definition) is 5. The van der Waals surface area contributed by atoms with Crippen LogP contribution >= 0.6 is 11.8 Å². The lowest BCUT2D eigenvalue weighted by atomic mass is 9.71. The third-order valence-electron chi connectivity index (χ3n) is 5.52. The molecule has 0 atom stereocenters. The maximum atomic E-state index is 12.0. The normalized spacial score (nSPS) is 30.3. The number of carbonyl (C=O) groups excluding carboxylic acids is 1. The molecule has 5 nitrogen and oxygen atoms in total. The summed E-state index contributed by atoms with van der Waals surface area (Å²) in [5.41, 5.74) is 0.130. The van der Waals surface area contributed by atoms with E-state index in [0.29, 0.717) is 32.0 Å². The van der Waals surface area contributed by atoms with Crippen molar-refractivity contribution in [3.05, 3.63) is 12.2 Å². The lowest BCUT2D eigenvalue weighted by molar-refractivity contribution is -0.164. The lowest BCUT2D eigenvalue weighted by Crippen LogP contribution is -2.65. The average molecular weight is 344 g/mol. The van der Waals surface area contributed by atoms with Crippen LogP contribution in [0.15, 0.2) is 12.2 Å². The van der Waals surface area contributed by atoms with E-state index in [1.54, 1.807) is 6.92 Å². The highest BCUT2D eigenvalue weighted by molar-refractivity contribution is 6.14. The van der Waals surface area contributed by atoms with Gasteiger partial charge >= 0.3 is 5.97 Å². The van der Waals surface area contributed by atoms with Crippen molar-refractivity contribution in [2.45, 2.75) is 62.6 Å². The van der Waals surface area contributed by atoms with Crippen LogP contribution in [0.25, 0.3) is 0 Å². The fourth-order valence-electron chi connectivity index (χ4n) is 4.22. The molecule has 3 heterocycles. The van der Waals surface area contributed by atoms with Gasteiger partial charge in [-0.05, 0) is 44.4 Å². The second-order valence-corrected chi connectivity index (χ2v) is 7.51. The van der Waals surface area contributed by atoms with Crippen molar-refractivity contribution < 1.29 is 19.0 Å². The summed E-state index contributed by atoms with van der Waals surface area (Å²) in [5.74, 6) is -0.303. The predicted octanol–water partition coefficient (Wildman–Crippen LogP) is 2.82. The molecule has 0 bridgehead atoms. The molecule has 0 unspecified atom stereocenters. The van der Waals surface area contributed by atoms with Gasteiger partial charge in [0.25, 0.3) is 0 Å². The molecule has 0 aromatic rings. The highest BCUT2D eigenvalue weighted by Crippen LogP contribution is 2.50. The number of piperidine rings is 1. The zero-order valence-corrected chi connectivity index (χ0v) is 14.6. The molecule has 0 radical (unpaired) electrons. The molecule has 2 spiro atoms. The lowest BCUT2D eigenvalue weighted by Gasteiger charge is -2.58. The molecule has 0 N–H and O–H groups in total. The number of esters is 1. The SMILES string of the molecule is C=C(C)C(=O)OC1CC2(CCOCC2)N(Cl)C2(CCOCC2)C1. The van der Waals surface area contributed by atoms with Gasteiger partial charge in [-0.1, -0.05) is 6.58 Å². The van der Waals surface area contributed by atoms with Gasteiger partial charge in [0.15, 0.2) is 0 Å². The smallest absolute Gasteiger partial charge is 0.333 e. The van der Waals surface area contributed by atoms with E-state index in [-0.39, 0.29) is 23.2 Å². The largest absolute Gasteiger partial charge is 0.459 e. The van der Waals surface area contributed by atoms with Crippen LogP contribution in [0.1, 0.15) is 45.4 Å². The monoisotopic (exact) mass is 343 g/mol. The van der Waals surface area contributed by atoms with Crippen LogP contribution in [0.2, 0.25) is 0 Å². The van der Waals surface area contributed by atoms with Crippen LogP contribution in [0.5, 0.6) is 0 Å². The minimum Gasteiger partial charge on any atom is -0.459 e.